The molecule has 0 heterocycles. The van der Waals surface area contributed by atoms with Crippen LogP contribution in [0.5, 0.6) is 0 Å². The molecule has 0 unspecified atom stereocenters. The summed E-state index contributed by atoms with van der Waals surface area (Å²) in [5.74, 6) is 1.18. The fourth-order valence-electron chi connectivity index (χ4n) is 3.46. The molecule has 1 saturated carbocycles. The van der Waals surface area contributed by atoms with E-state index in [9.17, 15) is 0 Å². The van der Waals surface area contributed by atoms with E-state index in [4.69, 9.17) is 5.26 Å². The quantitative estimate of drug-likeness (QED) is 0.602. The summed E-state index contributed by atoms with van der Waals surface area (Å²) < 4.78 is 0. The number of hydrogen-bond donors (Lipinski definition) is 1. The van der Waals surface area contributed by atoms with Crippen LogP contribution in [0.3, 0.4) is 0 Å². The predicted molar refractivity (Wildman–Crippen MR) is 89.9 cm³/mol. The van der Waals surface area contributed by atoms with Crippen molar-refractivity contribution in [3.05, 3.63) is 59.7 Å². The molecule has 0 amide bonds. The van der Waals surface area contributed by atoms with Crippen molar-refractivity contribution in [2.75, 3.05) is 6.61 Å². The second-order valence-corrected chi connectivity index (χ2v) is 6.50. The molecule has 0 aromatic heterocycles. The lowest BCUT2D eigenvalue weighted by Crippen LogP contribution is -2.17. The van der Waals surface area contributed by atoms with E-state index in [0.717, 1.165) is 12.8 Å². The predicted octanol–water partition coefficient (Wildman–Crippen LogP) is 5.43. The molecule has 2 nitrogen and oxygen atoms in total. The second kappa shape index (κ2) is 7.08. The first-order valence-corrected chi connectivity index (χ1v) is 8.19. The summed E-state index contributed by atoms with van der Waals surface area (Å²) in [5, 5.41) is 8.56. The van der Waals surface area contributed by atoms with Gasteiger partial charge in [0, 0.05) is 0 Å². The van der Waals surface area contributed by atoms with Gasteiger partial charge in [-0.2, -0.15) is 0 Å². The molecule has 0 atom stereocenters. The lowest BCUT2D eigenvalue weighted by atomic mass is 9.79. The molecule has 2 aromatic rings. The largest absolute Gasteiger partial charge is 0.252 e. The zero-order valence-electron chi connectivity index (χ0n) is 13.2. The highest BCUT2D eigenvalue weighted by molar-refractivity contribution is 5.64. The number of hydrogen-bond acceptors (Lipinski definition) is 2. The molecule has 1 aliphatic carbocycles. The zero-order valence-corrected chi connectivity index (χ0v) is 13.2. The molecular formula is C20H24O2. The molecule has 1 fully saturated rings. The van der Waals surface area contributed by atoms with Crippen molar-refractivity contribution in [2.45, 2.75) is 38.5 Å². The van der Waals surface area contributed by atoms with Gasteiger partial charge >= 0.3 is 0 Å². The average molecular weight is 296 g/mol. The van der Waals surface area contributed by atoms with Gasteiger partial charge < -0.3 is 0 Å². The Balaban J connectivity index is 1.66. The van der Waals surface area contributed by atoms with Gasteiger partial charge in [-0.25, -0.2) is 4.89 Å². The molecule has 1 aliphatic rings. The molecule has 2 heteroatoms. The molecule has 0 saturated heterocycles. The van der Waals surface area contributed by atoms with Crippen molar-refractivity contribution in [3.8, 4) is 11.1 Å². The van der Waals surface area contributed by atoms with Gasteiger partial charge in [-0.15, -0.1) is 0 Å². The monoisotopic (exact) mass is 296 g/mol. The minimum atomic E-state index is 0.485. The fraction of sp³-hybridized carbons (Fsp3) is 0.400. The van der Waals surface area contributed by atoms with Crippen LogP contribution in [0.4, 0.5) is 0 Å². The Morgan fingerprint density at radius 1 is 0.864 bits per heavy atom. The molecule has 0 radical (unpaired) electrons. The van der Waals surface area contributed by atoms with Crippen LogP contribution in [-0.4, -0.2) is 11.9 Å². The van der Waals surface area contributed by atoms with Gasteiger partial charge in [-0.3, -0.25) is 5.26 Å². The Morgan fingerprint density at radius 3 is 1.95 bits per heavy atom. The lowest BCUT2D eigenvalue weighted by molar-refractivity contribution is -0.252. The van der Waals surface area contributed by atoms with Gasteiger partial charge in [0.1, 0.15) is 0 Å². The summed E-state index contributed by atoms with van der Waals surface area (Å²) in [6.07, 6.45) is 4.67. The summed E-state index contributed by atoms with van der Waals surface area (Å²) in [5.41, 5.74) is 5.30. The van der Waals surface area contributed by atoms with Crippen LogP contribution in [-0.2, 0) is 4.89 Å². The first-order chi connectivity index (χ1) is 10.8. The zero-order chi connectivity index (χ0) is 15.4. The Bertz CT molecular complexity index is 578. The fourth-order valence-corrected chi connectivity index (χ4v) is 3.46. The third-order valence-electron chi connectivity index (χ3n) is 4.92. The number of rotatable bonds is 4. The lowest BCUT2D eigenvalue weighted by Gasteiger charge is -2.28. The van der Waals surface area contributed by atoms with Gasteiger partial charge in [0.2, 0.25) is 0 Å². The molecule has 1 N–H and O–H groups in total. The normalized spacial score (nSPS) is 21.7. The van der Waals surface area contributed by atoms with Gasteiger partial charge in [0.15, 0.2) is 0 Å². The maximum Gasteiger partial charge on any atom is 0.0847 e. The summed E-state index contributed by atoms with van der Waals surface area (Å²) in [6, 6.07) is 17.7. The Kier molecular flexibility index (Phi) is 4.91. The van der Waals surface area contributed by atoms with Crippen molar-refractivity contribution < 1.29 is 10.1 Å². The second-order valence-electron chi connectivity index (χ2n) is 6.50. The minimum absolute atomic E-state index is 0.485. The van der Waals surface area contributed by atoms with Crippen LogP contribution < -0.4 is 0 Å². The van der Waals surface area contributed by atoms with E-state index in [2.05, 4.69) is 60.3 Å². The molecule has 2 aromatic carbocycles. The van der Waals surface area contributed by atoms with E-state index in [0.29, 0.717) is 18.4 Å². The molecule has 0 aliphatic heterocycles. The van der Waals surface area contributed by atoms with Gasteiger partial charge in [0.05, 0.1) is 6.61 Å². The van der Waals surface area contributed by atoms with E-state index in [-0.39, 0.29) is 0 Å². The van der Waals surface area contributed by atoms with Crippen molar-refractivity contribution in [1.29, 1.82) is 0 Å². The highest BCUT2D eigenvalue weighted by atomic mass is 17.1. The van der Waals surface area contributed by atoms with Crippen LogP contribution in [0.15, 0.2) is 48.5 Å². The summed E-state index contributed by atoms with van der Waals surface area (Å²) in [6.45, 7) is 2.60. The van der Waals surface area contributed by atoms with Crippen LogP contribution in [0.1, 0.15) is 42.7 Å². The van der Waals surface area contributed by atoms with Gasteiger partial charge in [0.25, 0.3) is 0 Å². The summed E-state index contributed by atoms with van der Waals surface area (Å²) >= 11 is 0. The first-order valence-electron chi connectivity index (χ1n) is 8.19. The van der Waals surface area contributed by atoms with E-state index >= 15 is 0 Å². The van der Waals surface area contributed by atoms with Crippen molar-refractivity contribution in [1.82, 2.24) is 0 Å². The first kappa shape index (κ1) is 15.3. The standard InChI is InChI=1S/C20H24O2/c1-15-2-6-17(7-3-15)19-10-12-20(13-11-19)18-8-4-16(5-9-18)14-22-21/h2-3,6-7,10-13,16,18,21H,4-5,8-9,14H2,1H3. The van der Waals surface area contributed by atoms with E-state index in [1.165, 1.54) is 35.1 Å². The molecule has 116 valence electrons. The SMILES string of the molecule is Cc1ccc(-c2ccc(C3CCC(COO)CC3)cc2)cc1. The van der Waals surface area contributed by atoms with Crippen molar-refractivity contribution in [3.63, 3.8) is 0 Å². The van der Waals surface area contributed by atoms with Gasteiger partial charge in [-0.05, 0) is 61.1 Å². The molecule has 3 rings (SSSR count). The molecule has 22 heavy (non-hydrogen) atoms. The van der Waals surface area contributed by atoms with Crippen LogP contribution in [0.25, 0.3) is 11.1 Å². The summed E-state index contributed by atoms with van der Waals surface area (Å²) in [4.78, 5) is 4.30. The Morgan fingerprint density at radius 2 is 1.41 bits per heavy atom. The van der Waals surface area contributed by atoms with Crippen LogP contribution >= 0.6 is 0 Å². The minimum Gasteiger partial charge on any atom is -0.252 e. The van der Waals surface area contributed by atoms with Gasteiger partial charge in [-0.1, -0.05) is 54.1 Å². The summed E-state index contributed by atoms with van der Waals surface area (Å²) in [7, 11) is 0. The smallest absolute Gasteiger partial charge is 0.0847 e. The van der Waals surface area contributed by atoms with Crippen molar-refractivity contribution >= 4 is 0 Å². The van der Waals surface area contributed by atoms with E-state index < -0.39 is 0 Å². The molecule has 0 spiro atoms. The maximum absolute atomic E-state index is 8.56. The molecule has 0 bridgehead atoms. The number of aryl methyl sites for hydroxylation is 1. The third kappa shape index (κ3) is 3.57. The Labute approximate surface area is 132 Å². The van der Waals surface area contributed by atoms with Crippen LogP contribution in [0, 0.1) is 12.8 Å². The topological polar surface area (TPSA) is 29.5 Å². The van der Waals surface area contributed by atoms with E-state index in [1.807, 2.05) is 0 Å². The van der Waals surface area contributed by atoms with Crippen LogP contribution in [0.2, 0.25) is 0 Å². The Hall–Kier alpha value is -1.64. The maximum atomic E-state index is 8.56. The highest BCUT2D eigenvalue weighted by Crippen LogP contribution is 2.36. The van der Waals surface area contributed by atoms with Crippen molar-refractivity contribution in [2.24, 2.45) is 5.92 Å². The highest BCUT2D eigenvalue weighted by Gasteiger charge is 2.22. The number of benzene rings is 2. The molecular weight excluding hydrogens is 272 g/mol. The van der Waals surface area contributed by atoms with E-state index in [1.54, 1.807) is 0 Å². The average Bonchev–Trinajstić information content (AvgIpc) is 2.57. The third-order valence-corrected chi connectivity index (χ3v) is 4.92.